The molecule has 2 rings (SSSR count). The fourth-order valence-corrected chi connectivity index (χ4v) is 2.35. The molecule has 1 aliphatic carbocycles. The van der Waals surface area contributed by atoms with Crippen LogP contribution in [0.15, 0.2) is 18.5 Å². The van der Waals surface area contributed by atoms with Crippen LogP contribution in [-0.2, 0) is 11.3 Å². The van der Waals surface area contributed by atoms with Crippen molar-refractivity contribution in [3.8, 4) is 0 Å². The minimum atomic E-state index is 0.494. The highest BCUT2D eigenvalue weighted by atomic mass is 16.5. The van der Waals surface area contributed by atoms with Crippen molar-refractivity contribution in [3.05, 3.63) is 24.0 Å². The first-order valence-electron chi connectivity index (χ1n) is 7.68. The van der Waals surface area contributed by atoms with Crippen LogP contribution < -0.4 is 10.2 Å². The zero-order valence-corrected chi connectivity index (χ0v) is 12.9. The number of hydrogen-bond donors (Lipinski definition) is 1. The third-order valence-electron chi connectivity index (χ3n) is 4.01. The summed E-state index contributed by atoms with van der Waals surface area (Å²) in [5, 5.41) is 3.60. The molecule has 0 saturated heterocycles. The second-order valence-corrected chi connectivity index (χ2v) is 5.60. The fraction of sp³-hybridized carbons (Fsp3) is 0.688. The summed E-state index contributed by atoms with van der Waals surface area (Å²) in [5.74, 6) is 0. The van der Waals surface area contributed by atoms with Crippen molar-refractivity contribution < 1.29 is 4.74 Å². The summed E-state index contributed by atoms with van der Waals surface area (Å²) in [6.07, 6.45) is 7.64. The lowest BCUT2D eigenvalue weighted by molar-refractivity contribution is 0.203. The van der Waals surface area contributed by atoms with Gasteiger partial charge in [0.2, 0.25) is 0 Å². The molecule has 0 aliphatic heterocycles. The molecule has 1 N–H and O–H groups in total. The van der Waals surface area contributed by atoms with E-state index in [-0.39, 0.29) is 0 Å². The third-order valence-corrected chi connectivity index (χ3v) is 4.01. The predicted molar refractivity (Wildman–Crippen MR) is 83.1 cm³/mol. The Kier molecular flexibility index (Phi) is 5.80. The Balaban J connectivity index is 2.12. The molecule has 4 heteroatoms. The highest BCUT2D eigenvalue weighted by Crippen LogP contribution is 2.24. The molecule has 112 valence electrons. The van der Waals surface area contributed by atoms with Gasteiger partial charge < -0.3 is 15.0 Å². The van der Waals surface area contributed by atoms with Gasteiger partial charge in [-0.1, -0.05) is 6.92 Å². The van der Waals surface area contributed by atoms with Gasteiger partial charge in [-0.3, -0.25) is 4.98 Å². The first-order valence-corrected chi connectivity index (χ1v) is 7.68. The molecule has 1 saturated carbocycles. The Hall–Kier alpha value is -1.13. The monoisotopic (exact) mass is 277 g/mol. The van der Waals surface area contributed by atoms with E-state index in [1.165, 1.54) is 24.1 Å². The van der Waals surface area contributed by atoms with Gasteiger partial charge in [0.15, 0.2) is 0 Å². The van der Waals surface area contributed by atoms with E-state index in [0.29, 0.717) is 6.04 Å². The van der Waals surface area contributed by atoms with Gasteiger partial charge >= 0.3 is 0 Å². The number of aromatic nitrogens is 1. The van der Waals surface area contributed by atoms with Gasteiger partial charge in [-0.25, -0.2) is 0 Å². The zero-order valence-electron chi connectivity index (χ0n) is 12.9. The van der Waals surface area contributed by atoms with Gasteiger partial charge in [-0.05, 0) is 37.8 Å². The summed E-state index contributed by atoms with van der Waals surface area (Å²) in [6, 6.07) is 3.36. The topological polar surface area (TPSA) is 37.4 Å². The SMILES string of the molecule is CCC(C)N(CCOC)c1cnccc1CNC1CC1. The van der Waals surface area contributed by atoms with Crippen molar-refractivity contribution in [1.82, 2.24) is 10.3 Å². The van der Waals surface area contributed by atoms with Gasteiger partial charge in [0, 0.05) is 38.5 Å². The number of pyridine rings is 1. The van der Waals surface area contributed by atoms with Crippen LogP contribution in [0.2, 0.25) is 0 Å². The second-order valence-electron chi connectivity index (χ2n) is 5.60. The molecule has 1 heterocycles. The summed E-state index contributed by atoms with van der Waals surface area (Å²) in [4.78, 5) is 6.74. The maximum atomic E-state index is 5.26. The molecular formula is C16H27N3O. The number of rotatable bonds is 9. The lowest BCUT2D eigenvalue weighted by atomic mass is 10.1. The number of nitrogens with zero attached hydrogens (tertiary/aromatic N) is 2. The van der Waals surface area contributed by atoms with Crippen LogP contribution >= 0.6 is 0 Å². The lowest BCUT2D eigenvalue weighted by Gasteiger charge is -2.32. The summed E-state index contributed by atoms with van der Waals surface area (Å²) in [5.41, 5.74) is 2.58. The van der Waals surface area contributed by atoms with E-state index >= 15 is 0 Å². The molecule has 4 nitrogen and oxygen atoms in total. The Bertz CT molecular complexity index is 406. The maximum absolute atomic E-state index is 5.26. The molecule has 1 aromatic rings. The highest BCUT2D eigenvalue weighted by molar-refractivity contribution is 5.52. The largest absolute Gasteiger partial charge is 0.383 e. The molecule has 1 aromatic heterocycles. The normalized spacial score (nSPS) is 16.1. The van der Waals surface area contributed by atoms with Crippen LogP contribution in [0.4, 0.5) is 5.69 Å². The van der Waals surface area contributed by atoms with Crippen molar-refractivity contribution >= 4 is 5.69 Å². The standard InChI is InChI=1S/C16H27N3O/c1-4-13(2)19(9-10-20-3)16-12-17-8-7-14(16)11-18-15-5-6-15/h7-8,12-13,15,18H,4-6,9-11H2,1-3H3. The van der Waals surface area contributed by atoms with E-state index in [1.54, 1.807) is 7.11 Å². The van der Waals surface area contributed by atoms with Crippen LogP contribution in [-0.4, -0.2) is 37.3 Å². The van der Waals surface area contributed by atoms with Crippen molar-refractivity contribution in [1.29, 1.82) is 0 Å². The quantitative estimate of drug-likeness (QED) is 0.753. The molecule has 0 spiro atoms. The second kappa shape index (κ2) is 7.60. The van der Waals surface area contributed by atoms with Gasteiger partial charge in [-0.15, -0.1) is 0 Å². The fourth-order valence-electron chi connectivity index (χ4n) is 2.35. The Labute approximate surface area is 122 Å². The molecule has 1 atom stereocenters. The summed E-state index contributed by atoms with van der Waals surface area (Å²) in [6.45, 7) is 7.08. The Morgan fingerprint density at radius 3 is 2.95 bits per heavy atom. The average molecular weight is 277 g/mol. The Morgan fingerprint density at radius 2 is 2.30 bits per heavy atom. The van der Waals surface area contributed by atoms with Gasteiger partial charge in [0.25, 0.3) is 0 Å². The van der Waals surface area contributed by atoms with Crippen LogP contribution in [0, 0.1) is 0 Å². The van der Waals surface area contributed by atoms with E-state index in [9.17, 15) is 0 Å². The third kappa shape index (κ3) is 4.18. The number of ether oxygens (including phenoxy) is 1. The van der Waals surface area contributed by atoms with Crippen LogP contribution in [0.5, 0.6) is 0 Å². The van der Waals surface area contributed by atoms with Gasteiger partial charge in [0.05, 0.1) is 18.5 Å². The summed E-state index contributed by atoms with van der Waals surface area (Å²) in [7, 11) is 1.76. The van der Waals surface area contributed by atoms with Crippen molar-refractivity contribution in [2.75, 3.05) is 25.2 Å². The molecule has 1 aliphatic rings. The first kappa shape index (κ1) is 15.3. The minimum absolute atomic E-state index is 0.494. The smallest absolute Gasteiger partial charge is 0.0637 e. The highest BCUT2D eigenvalue weighted by Gasteiger charge is 2.22. The molecule has 0 aromatic carbocycles. The zero-order chi connectivity index (χ0) is 14.4. The van der Waals surface area contributed by atoms with Crippen LogP contribution in [0.3, 0.4) is 0 Å². The molecular weight excluding hydrogens is 250 g/mol. The molecule has 0 radical (unpaired) electrons. The molecule has 0 bridgehead atoms. The molecule has 1 fully saturated rings. The van der Waals surface area contributed by atoms with Gasteiger partial charge in [-0.2, -0.15) is 0 Å². The average Bonchev–Trinajstić information content (AvgIpc) is 3.30. The van der Waals surface area contributed by atoms with Crippen molar-refractivity contribution in [2.24, 2.45) is 0 Å². The van der Waals surface area contributed by atoms with E-state index in [4.69, 9.17) is 4.74 Å². The number of nitrogens with one attached hydrogen (secondary N) is 1. The van der Waals surface area contributed by atoms with E-state index < -0.39 is 0 Å². The van der Waals surface area contributed by atoms with Gasteiger partial charge in [0.1, 0.15) is 0 Å². The molecule has 0 amide bonds. The minimum Gasteiger partial charge on any atom is -0.383 e. The van der Waals surface area contributed by atoms with E-state index in [0.717, 1.165) is 32.2 Å². The number of methoxy groups -OCH3 is 1. The van der Waals surface area contributed by atoms with Crippen molar-refractivity contribution in [2.45, 2.75) is 51.7 Å². The summed E-state index contributed by atoms with van der Waals surface area (Å²) >= 11 is 0. The predicted octanol–water partition coefficient (Wildman–Crippen LogP) is 2.58. The van der Waals surface area contributed by atoms with Crippen molar-refractivity contribution in [3.63, 3.8) is 0 Å². The maximum Gasteiger partial charge on any atom is 0.0637 e. The van der Waals surface area contributed by atoms with Crippen LogP contribution in [0.25, 0.3) is 0 Å². The first-order chi connectivity index (χ1) is 9.76. The summed E-state index contributed by atoms with van der Waals surface area (Å²) < 4.78 is 5.26. The number of hydrogen-bond acceptors (Lipinski definition) is 4. The van der Waals surface area contributed by atoms with E-state index in [2.05, 4.69) is 35.1 Å². The molecule has 1 unspecified atom stereocenters. The lowest BCUT2D eigenvalue weighted by Crippen LogP contribution is -2.36. The number of anilines is 1. The van der Waals surface area contributed by atoms with E-state index in [1.807, 2.05) is 12.4 Å². The Morgan fingerprint density at radius 1 is 1.50 bits per heavy atom. The van der Waals surface area contributed by atoms with Crippen LogP contribution in [0.1, 0.15) is 38.7 Å². The molecule has 20 heavy (non-hydrogen) atoms.